The number of hydrogen-bond acceptors (Lipinski definition) is 1. The molecule has 1 aromatic carbocycles. The fourth-order valence-corrected chi connectivity index (χ4v) is 2.21. The summed E-state index contributed by atoms with van der Waals surface area (Å²) in [5.74, 6) is 0. The molecule has 0 saturated carbocycles. The second-order valence-corrected chi connectivity index (χ2v) is 5.74. The summed E-state index contributed by atoms with van der Waals surface area (Å²) in [6.45, 7) is 8.68. The van der Waals surface area contributed by atoms with Crippen molar-refractivity contribution in [1.29, 1.82) is 5.26 Å². The summed E-state index contributed by atoms with van der Waals surface area (Å²) in [6, 6.07) is 8.94. The second-order valence-electron chi connectivity index (χ2n) is 5.74. The van der Waals surface area contributed by atoms with Crippen LogP contribution in [0.15, 0.2) is 18.2 Å². The van der Waals surface area contributed by atoms with Gasteiger partial charge in [-0.1, -0.05) is 39.0 Å². The highest BCUT2D eigenvalue weighted by molar-refractivity contribution is 5.51. The first-order chi connectivity index (χ1) is 6.87. The third-order valence-electron chi connectivity index (χ3n) is 3.36. The second kappa shape index (κ2) is 2.85. The lowest BCUT2D eigenvalue weighted by molar-refractivity contribution is 0.522. The molecule has 15 heavy (non-hydrogen) atoms. The molecule has 1 aliphatic rings. The van der Waals surface area contributed by atoms with E-state index in [4.69, 9.17) is 5.26 Å². The van der Waals surface area contributed by atoms with Gasteiger partial charge in [0.1, 0.15) is 0 Å². The van der Waals surface area contributed by atoms with Crippen molar-refractivity contribution in [2.24, 2.45) is 0 Å². The molecule has 0 heterocycles. The largest absolute Gasteiger partial charge is 0.197 e. The lowest BCUT2D eigenvalue weighted by atomic mass is 9.65. The van der Waals surface area contributed by atoms with E-state index >= 15 is 0 Å². The molecule has 1 nitrogen and oxygen atoms in total. The highest BCUT2D eigenvalue weighted by atomic mass is 14.4. The quantitative estimate of drug-likeness (QED) is 0.628. The van der Waals surface area contributed by atoms with Crippen LogP contribution in [-0.2, 0) is 17.3 Å². The van der Waals surface area contributed by atoms with Crippen LogP contribution in [0.1, 0.15) is 44.4 Å². The molecular weight excluding hydrogens is 182 g/mol. The molecule has 1 aliphatic carbocycles. The van der Waals surface area contributed by atoms with Gasteiger partial charge < -0.3 is 0 Å². The summed E-state index contributed by atoms with van der Waals surface area (Å²) in [7, 11) is 0. The van der Waals surface area contributed by atoms with E-state index in [1.165, 1.54) is 16.7 Å². The van der Waals surface area contributed by atoms with Crippen LogP contribution in [0, 0.1) is 11.3 Å². The topological polar surface area (TPSA) is 23.8 Å². The average molecular weight is 199 g/mol. The molecule has 0 aliphatic heterocycles. The Hall–Kier alpha value is -1.29. The molecule has 1 aromatic rings. The molecule has 78 valence electrons. The molecule has 0 fully saturated rings. The van der Waals surface area contributed by atoms with Gasteiger partial charge in [0.15, 0.2) is 0 Å². The molecule has 0 saturated heterocycles. The van der Waals surface area contributed by atoms with Crippen molar-refractivity contribution in [3.63, 3.8) is 0 Å². The van der Waals surface area contributed by atoms with Crippen LogP contribution < -0.4 is 0 Å². The average Bonchev–Trinajstić information content (AvgIpc) is 2.13. The zero-order valence-corrected chi connectivity index (χ0v) is 9.89. The smallest absolute Gasteiger partial charge is 0.0837 e. The number of nitriles is 1. The SMILES string of the molecule is CC(C)(C)c1ccc2c(c1)CC2(C)C#N. The van der Waals surface area contributed by atoms with Crippen molar-refractivity contribution < 1.29 is 0 Å². The number of rotatable bonds is 0. The Morgan fingerprint density at radius 2 is 2.00 bits per heavy atom. The van der Waals surface area contributed by atoms with E-state index in [2.05, 4.69) is 45.0 Å². The normalized spacial score (nSPS) is 23.9. The maximum absolute atomic E-state index is 9.07. The molecule has 0 spiro atoms. The Kier molecular flexibility index (Phi) is 1.95. The molecular formula is C14H17N. The van der Waals surface area contributed by atoms with E-state index in [-0.39, 0.29) is 10.8 Å². The Labute approximate surface area is 91.7 Å². The van der Waals surface area contributed by atoms with Crippen LogP contribution in [0.3, 0.4) is 0 Å². The molecule has 2 rings (SSSR count). The van der Waals surface area contributed by atoms with Gasteiger partial charge in [0.05, 0.1) is 11.5 Å². The maximum atomic E-state index is 9.07. The first kappa shape index (κ1) is 10.2. The standard InChI is InChI=1S/C14H17N/c1-13(2,3)11-5-6-12-10(7-11)8-14(12,4)9-15/h5-7H,8H2,1-4H3. The molecule has 1 unspecified atom stereocenters. The lowest BCUT2D eigenvalue weighted by Gasteiger charge is -2.36. The van der Waals surface area contributed by atoms with E-state index in [0.717, 1.165) is 6.42 Å². The molecule has 0 N–H and O–H groups in total. The number of fused-ring (bicyclic) bond motifs is 1. The third-order valence-corrected chi connectivity index (χ3v) is 3.36. The molecule has 0 bridgehead atoms. The van der Waals surface area contributed by atoms with Crippen molar-refractivity contribution in [3.05, 3.63) is 34.9 Å². The van der Waals surface area contributed by atoms with Gasteiger partial charge in [0.25, 0.3) is 0 Å². The zero-order valence-electron chi connectivity index (χ0n) is 9.89. The predicted molar refractivity (Wildman–Crippen MR) is 61.8 cm³/mol. The fourth-order valence-electron chi connectivity index (χ4n) is 2.21. The van der Waals surface area contributed by atoms with Crippen molar-refractivity contribution in [3.8, 4) is 6.07 Å². The molecule has 0 aromatic heterocycles. The fraction of sp³-hybridized carbons (Fsp3) is 0.500. The highest BCUT2D eigenvalue weighted by Gasteiger charge is 2.38. The first-order valence-electron chi connectivity index (χ1n) is 5.42. The Morgan fingerprint density at radius 1 is 1.33 bits per heavy atom. The third kappa shape index (κ3) is 1.45. The summed E-state index contributed by atoms with van der Waals surface area (Å²) < 4.78 is 0. The van der Waals surface area contributed by atoms with Gasteiger partial charge in [-0.25, -0.2) is 0 Å². The summed E-state index contributed by atoms with van der Waals surface area (Å²) in [5.41, 5.74) is 3.91. The number of nitrogens with zero attached hydrogens (tertiary/aromatic N) is 1. The van der Waals surface area contributed by atoms with Gasteiger partial charge in [-0.05, 0) is 35.4 Å². The van der Waals surface area contributed by atoms with Crippen LogP contribution in [-0.4, -0.2) is 0 Å². The van der Waals surface area contributed by atoms with Crippen molar-refractivity contribution in [1.82, 2.24) is 0 Å². The van der Waals surface area contributed by atoms with E-state index in [9.17, 15) is 0 Å². The van der Waals surface area contributed by atoms with Gasteiger partial charge in [-0.3, -0.25) is 0 Å². The minimum Gasteiger partial charge on any atom is -0.197 e. The van der Waals surface area contributed by atoms with Crippen molar-refractivity contribution >= 4 is 0 Å². The van der Waals surface area contributed by atoms with E-state index in [0.29, 0.717) is 0 Å². The van der Waals surface area contributed by atoms with Crippen LogP contribution >= 0.6 is 0 Å². The number of benzene rings is 1. The maximum Gasteiger partial charge on any atom is 0.0837 e. The monoisotopic (exact) mass is 199 g/mol. The first-order valence-corrected chi connectivity index (χ1v) is 5.42. The van der Waals surface area contributed by atoms with Crippen LogP contribution in [0.5, 0.6) is 0 Å². The lowest BCUT2D eigenvalue weighted by Crippen LogP contribution is -2.34. The predicted octanol–water partition coefficient (Wildman–Crippen LogP) is 3.32. The van der Waals surface area contributed by atoms with Crippen LogP contribution in [0.2, 0.25) is 0 Å². The summed E-state index contributed by atoms with van der Waals surface area (Å²) in [5, 5.41) is 9.07. The van der Waals surface area contributed by atoms with Gasteiger partial charge >= 0.3 is 0 Å². The highest BCUT2D eigenvalue weighted by Crippen LogP contribution is 2.42. The van der Waals surface area contributed by atoms with E-state index in [1.807, 2.05) is 6.92 Å². The molecule has 1 atom stereocenters. The summed E-state index contributed by atoms with van der Waals surface area (Å²) in [4.78, 5) is 0. The van der Waals surface area contributed by atoms with Crippen LogP contribution in [0.4, 0.5) is 0 Å². The van der Waals surface area contributed by atoms with E-state index in [1.54, 1.807) is 0 Å². The molecule has 0 amide bonds. The van der Waals surface area contributed by atoms with E-state index < -0.39 is 0 Å². The Bertz CT molecular complexity index is 445. The zero-order chi connectivity index (χ0) is 11.3. The summed E-state index contributed by atoms with van der Waals surface area (Å²) in [6.07, 6.45) is 0.906. The minimum atomic E-state index is -0.230. The van der Waals surface area contributed by atoms with Crippen molar-refractivity contribution in [2.75, 3.05) is 0 Å². The summed E-state index contributed by atoms with van der Waals surface area (Å²) >= 11 is 0. The molecule has 0 radical (unpaired) electrons. The van der Waals surface area contributed by atoms with Gasteiger partial charge in [-0.15, -0.1) is 0 Å². The molecule has 1 heteroatoms. The minimum absolute atomic E-state index is 0.202. The van der Waals surface area contributed by atoms with Gasteiger partial charge in [0.2, 0.25) is 0 Å². The van der Waals surface area contributed by atoms with Gasteiger partial charge in [-0.2, -0.15) is 5.26 Å². The van der Waals surface area contributed by atoms with Crippen molar-refractivity contribution in [2.45, 2.75) is 44.9 Å². The Balaban J connectivity index is 2.43. The Morgan fingerprint density at radius 3 is 2.47 bits per heavy atom. The van der Waals surface area contributed by atoms with Crippen LogP contribution in [0.25, 0.3) is 0 Å². The number of hydrogen-bond donors (Lipinski definition) is 0. The van der Waals surface area contributed by atoms with Gasteiger partial charge in [0, 0.05) is 0 Å².